The smallest absolute Gasteiger partial charge is 0.223 e. The van der Waals surface area contributed by atoms with Crippen LogP contribution in [0.2, 0.25) is 0 Å². The highest BCUT2D eigenvalue weighted by Gasteiger charge is 2.08. The molecular weight excluding hydrogens is 288 g/mol. The zero-order valence-electron chi connectivity index (χ0n) is 12.3. The zero-order chi connectivity index (χ0) is 15.5. The Morgan fingerprint density at radius 1 is 1.00 bits per heavy atom. The zero-order valence-corrected chi connectivity index (χ0v) is 12.3. The second-order valence-corrected chi connectivity index (χ2v) is 5.08. The summed E-state index contributed by atoms with van der Waals surface area (Å²) in [5.41, 5.74) is 3.80. The molecule has 0 aliphatic heterocycles. The third-order valence-electron chi connectivity index (χ3n) is 3.56. The van der Waals surface area contributed by atoms with Crippen LogP contribution in [0.15, 0.2) is 61.3 Å². The number of aromatic nitrogens is 5. The maximum atomic E-state index is 4.59. The molecule has 23 heavy (non-hydrogen) atoms. The van der Waals surface area contributed by atoms with Gasteiger partial charge in [0.05, 0.1) is 5.69 Å². The van der Waals surface area contributed by atoms with Gasteiger partial charge < -0.3 is 10.3 Å². The standard InChI is InChI=1S/C17H14N6/c1-3-12(9-18-6-1)10-22-17-20-8-5-15(23-17)14-11-21-16-13(14)4-2-7-19-16/h1-9,11H,10H2,(H,19,21)(H,20,22,23). The van der Waals surface area contributed by atoms with E-state index in [1.807, 2.05) is 42.7 Å². The van der Waals surface area contributed by atoms with Gasteiger partial charge >= 0.3 is 0 Å². The summed E-state index contributed by atoms with van der Waals surface area (Å²) in [6.07, 6.45) is 9.02. The van der Waals surface area contributed by atoms with Gasteiger partial charge in [-0.1, -0.05) is 6.07 Å². The second kappa shape index (κ2) is 5.84. The van der Waals surface area contributed by atoms with Gasteiger partial charge in [0, 0.05) is 48.5 Å². The Balaban J connectivity index is 1.61. The van der Waals surface area contributed by atoms with Gasteiger partial charge in [0.15, 0.2) is 0 Å². The van der Waals surface area contributed by atoms with E-state index in [4.69, 9.17) is 0 Å². The molecule has 6 nitrogen and oxygen atoms in total. The number of rotatable bonds is 4. The van der Waals surface area contributed by atoms with Gasteiger partial charge in [0.2, 0.25) is 5.95 Å². The Bertz CT molecular complexity index is 932. The van der Waals surface area contributed by atoms with Crippen molar-refractivity contribution < 1.29 is 0 Å². The number of hydrogen-bond donors (Lipinski definition) is 2. The Labute approximate surface area is 132 Å². The first kappa shape index (κ1) is 13.4. The Morgan fingerprint density at radius 2 is 1.96 bits per heavy atom. The van der Waals surface area contributed by atoms with Gasteiger partial charge in [-0.25, -0.2) is 15.0 Å². The van der Waals surface area contributed by atoms with Crippen LogP contribution in [-0.4, -0.2) is 24.9 Å². The summed E-state index contributed by atoms with van der Waals surface area (Å²) in [4.78, 5) is 20.4. The van der Waals surface area contributed by atoms with Crippen molar-refractivity contribution in [2.75, 3.05) is 5.32 Å². The maximum absolute atomic E-state index is 4.59. The number of nitrogens with one attached hydrogen (secondary N) is 2. The molecule has 0 bridgehead atoms. The topological polar surface area (TPSA) is 79.4 Å². The van der Waals surface area contributed by atoms with Crippen molar-refractivity contribution in [2.45, 2.75) is 6.54 Å². The first-order valence-electron chi connectivity index (χ1n) is 7.28. The van der Waals surface area contributed by atoms with Gasteiger partial charge in [0.25, 0.3) is 0 Å². The summed E-state index contributed by atoms with van der Waals surface area (Å²) in [7, 11) is 0. The third kappa shape index (κ3) is 2.74. The highest BCUT2D eigenvalue weighted by Crippen LogP contribution is 2.26. The van der Waals surface area contributed by atoms with Crippen LogP contribution in [0.4, 0.5) is 5.95 Å². The Hall–Kier alpha value is -3.28. The largest absolute Gasteiger partial charge is 0.350 e. The predicted molar refractivity (Wildman–Crippen MR) is 88.7 cm³/mol. The molecule has 4 aromatic heterocycles. The molecule has 0 saturated carbocycles. The number of H-pyrrole nitrogens is 1. The third-order valence-corrected chi connectivity index (χ3v) is 3.56. The summed E-state index contributed by atoms with van der Waals surface area (Å²) in [6.45, 7) is 0.632. The van der Waals surface area contributed by atoms with E-state index in [1.54, 1.807) is 18.6 Å². The van der Waals surface area contributed by atoms with Crippen molar-refractivity contribution in [3.05, 3.63) is 66.9 Å². The average molecular weight is 302 g/mol. The van der Waals surface area contributed by atoms with E-state index in [0.29, 0.717) is 12.5 Å². The normalized spacial score (nSPS) is 10.8. The fourth-order valence-corrected chi connectivity index (χ4v) is 2.45. The fourth-order valence-electron chi connectivity index (χ4n) is 2.45. The van der Waals surface area contributed by atoms with Crippen LogP contribution in [0.25, 0.3) is 22.3 Å². The van der Waals surface area contributed by atoms with Crippen LogP contribution in [-0.2, 0) is 6.54 Å². The molecule has 0 radical (unpaired) electrons. The molecule has 0 aromatic carbocycles. The molecule has 0 aliphatic carbocycles. The highest BCUT2D eigenvalue weighted by atomic mass is 15.1. The fraction of sp³-hybridized carbons (Fsp3) is 0.0588. The minimum atomic E-state index is 0.588. The molecule has 4 rings (SSSR count). The number of fused-ring (bicyclic) bond motifs is 1. The van der Waals surface area contributed by atoms with Crippen molar-refractivity contribution >= 4 is 17.0 Å². The lowest BCUT2D eigenvalue weighted by molar-refractivity contribution is 1.04. The average Bonchev–Trinajstić information content (AvgIpc) is 3.05. The van der Waals surface area contributed by atoms with Gasteiger partial charge in [-0.05, 0) is 29.8 Å². The number of pyridine rings is 2. The molecule has 4 aromatic rings. The molecule has 0 unspecified atom stereocenters. The van der Waals surface area contributed by atoms with Crippen LogP contribution < -0.4 is 5.32 Å². The van der Waals surface area contributed by atoms with E-state index in [9.17, 15) is 0 Å². The minimum Gasteiger partial charge on any atom is -0.350 e. The maximum Gasteiger partial charge on any atom is 0.223 e. The molecule has 0 saturated heterocycles. The van der Waals surface area contributed by atoms with Crippen molar-refractivity contribution in [2.24, 2.45) is 0 Å². The molecule has 6 heteroatoms. The second-order valence-electron chi connectivity index (χ2n) is 5.08. The van der Waals surface area contributed by atoms with E-state index in [2.05, 4.69) is 30.2 Å². The molecule has 0 atom stereocenters. The summed E-state index contributed by atoms with van der Waals surface area (Å²) in [5.74, 6) is 0.588. The number of aromatic amines is 1. The van der Waals surface area contributed by atoms with Crippen molar-refractivity contribution in [1.29, 1.82) is 0 Å². The molecule has 2 N–H and O–H groups in total. The van der Waals surface area contributed by atoms with Gasteiger partial charge in [0.1, 0.15) is 5.65 Å². The van der Waals surface area contributed by atoms with Gasteiger partial charge in [-0.15, -0.1) is 0 Å². The minimum absolute atomic E-state index is 0.588. The van der Waals surface area contributed by atoms with E-state index in [1.165, 1.54) is 0 Å². The highest BCUT2D eigenvalue weighted by molar-refractivity contribution is 5.92. The van der Waals surface area contributed by atoms with Crippen molar-refractivity contribution in [3.63, 3.8) is 0 Å². The molecule has 112 valence electrons. The number of hydrogen-bond acceptors (Lipinski definition) is 5. The van der Waals surface area contributed by atoms with Crippen LogP contribution in [0.5, 0.6) is 0 Å². The van der Waals surface area contributed by atoms with Crippen LogP contribution in [0, 0.1) is 0 Å². The van der Waals surface area contributed by atoms with Crippen LogP contribution in [0.1, 0.15) is 5.56 Å². The predicted octanol–water partition coefficient (Wildman–Crippen LogP) is 3.03. The van der Waals surface area contributed by atoms with E-state index < -0.39 is 0 Å². The van der Waals surface area contributed by atoms with Gasteiger partial charge in [-0.2, -0.15) is 0 Å². The molecule has 0 fully saturated rings. The van der Waals surface area contributed by atoms with Gasteiger partial charge in [-0.3, -0.25) is 4.98 Å². The first-order valence-corrected chi connectivity index (χ1v) is 7.28. The van der Waals surface area contributed by atoms with E-state index in [-0.39, 0.29) is 0 Å². The first-order chi connectivity index (χ1) is 11.4. The number of anilines is 1. The molecule has 0 amide bonds. The van der Waals surface area contributed by atoms with Crippen LogP contribution in [0.3, 0.4) is 0 Å². The summed E-state index contributed by atoms with van der Waals surface area (Å²) in [6, 6.07) is 9.76. The van der Waals surface area contributed by atoms with Crippen molar-refractivity contribution in [1.82, 2.24) is 24.9 Å². The lowest BCUT2D eigenvalue weighted by Crippen LogP contribution is -2.04. The summed E-state index contributed by atoms with van der Waals surface area (Å²) in [5, 5.41) is 4.27. The summed E-state index contributed by atoms with van der Waals surface area (Å²) >= 11 is 0. The summed E-state index contributed by atoms with van der Waals surface area (Å²) < 4.78 is 0. The Kier molecular flexibility index (Phi) is 3.40. The van der Waals surface area contributed by atoms with E-state index >= 15 is 0 Å². The Morgan fingerprint density at radius 3 is 2.87 bits per heavy atom. The molecule has 0 spiro atoms. The molecular formula is C17H14N6. The lowest BCUT2D eigenvalue weighted by atomic mass is 10.1. The lowest BCUT2D eigenvalue weighted by Gasteiger charge is -2.06. The van der Waals surface area contributed by atoms with Crippen molar-refractivity contribution in [3.8, 4) is 11.3 Å². The van der Waals surface area contributed by atoms with E-state index in [0.717, 1.165) is 27.9 Å². The quantitative estimate of drug-likeness (QED) is 0.606. The SMILES string of the molecule is c1cncc(CNc2nccc(-c3c[nH]c4ncccc34)n2)c1. The monoisotopic (exact) mass is 302 g/mol. The molecule has 0 aliphatic rings. The van der Waals surface area contributed by atoms with Crippen LogP contribution >= 0.6 is 0 Å². The number of nitrogens with zero attached hydrogens (tertiary/aromatic N) is 4. The molecule has 4 heterocycles.